The number of nitrogens with zero attached hydrogens (tertiary/aromatic N) is 3. The largest absolute Gasteiger partial charge is 0.370 e. The molecule has 1 atom stereocenters. The van der Waals surface area contributed by atoms with Crippen LogP contribution in [-0.4, -0.2) is 36.1 Å². The number of nitrogens with two attached hydrogens (primary N) is 1. The van der Waals surface area contributed by atoms with Crippen molar-refractivity contribution in [2.45, 2.75) is 39.7 Å². The minimum absolute atomic E-state index is 0.211. The van der Waals surface area contributed by atoms with Crippen LogP contribution in [0.25, 0.3) is 0 Å². The SMILES string of the molecule is CC(C)CCN(C)c1cc(NCCC(C)N)ncn1. The summed E-state index contributed by atoms with van der Waals surface area (Å²) in [6, 6.07) is 2.20. The molecule has 0 aliphatic heterocycles. The molecular formula is C14H27N5. The van der Waals surface area contributed by atoms with E-state index in [0.29, 0.717) is 5.92 Å². The molecule has 0 aromatic carbocycles. The summed E-state index contributed by atoms with van der Waals surface area (Å²) in [5, 5.41) is 3.28. The fourth-order valence-electron chi connectivity index (χ4n) is 1.65. The first-order chi connectivity index (χ1) is 8.99. The van der Waals surface area contributed by atoms with Crippen LogP contribution in [0.4, 0.5) is 11.6 Å². The topological polar surface area (TPSA) is 67.1 Å². The molecule has 0 aliphatic carbocycles. The third-order valence-electron chi connectivity index (χ3n) is 2.99. The van der Waals surface area contributed by atoms with Crippen molar-refractivity contribution in [2.24, 2.45) is 11.7 Å². The van der Waals surface area contributed by atoms with Gasteiger partial charge in [0, 0.05) is 32.2 Å². The van der Waals surface area contributed by atoms with Crippen LogP contribution in [0, 0.1) is 5.92 Å². The molecule has 19 heavy (non-hydrogen) atoms. The van der Waals surface area contributed by atoms with Gasteiger partial charge in [-0.05, 0) is 25.7 Å². The lowest BCUT2D eigenvalue weighted by Gasteiger charge is -2.19. The summed E-state index contributed by atoms with van der Waals surface area (Å²) in [6.45, 7) is 8.31. The van der Waals surface area contributed by atoms with E-state index in [1.165, 1.54) is 0 Å². The van der Waals surface area contributed by atoms with Crippen molar-refractivity contribution in [3.8, 4) is 0 Å². The Labute approximate surface area is 116 Å². The Hall–Kier alpha value is -1.36. The lowest BCUT2D eigenvalue weighted by molar-refractivity contribution is 0.583. The summed E-state index contributed by atoms with van der Waals surface area (Å²) in [6.07, 6.45) is 3.70. The van der Waals surface area contributed by atoms with Crippen LogP contribution in [0.3, 0.4) is 0 Å². The van der Waals surface area contributed by atoms with Gasteiger partial charge < -0.3 is 16.0 Å². The zero-order valence-corrected chi connectivity index (χ0v) is 12.6. The summed E-state index contributed by atoms with van der Waals surface area (Å²) in [4.78, 5) is 10.7. The Morgan fingerprint density at radius 3 is 2.63 bits per heavy atom. The summed E-state index contributed by atoms with van der Waals surface area (Å²) in [7, 11) is 2.07. The third-order valence-corrected chi connectivity index (χ3v) is 2.99. The van der Waals surface area contributed by atoms with E-state index < -0.39 is 0 Å². The molecule has 1 aromatic heterocycles. The summed E-state index contributed by atoms with van der Waals surface area (Å²) in [5.41, 5.74) is 5.72. The van der Waals surface area contributed by atoms with Crippen LogP contribution in [-0.2, 0) is 0 Å². The Morgan fingerprint density at radius 1 is 1.26 bits per heavy atom. The van der Waals surface area contributed by atoms with Gasteiger partial charge in [-0.1, -0.05) is 13.8 Å². The lowest BCUT2D eigenvalue weighted by atomic mass is 10.1. The van der Waals surface area contributed by atoms with Crippen LogP contribution >= 0.6 is 0 Å². The van der Waals surface area contributed by atoms with Gasteiger partial charge in [-0.2, -0.15) is 0 Å². The van der Waals surface area contributed by atoms with E-state index in [9.17, 15) is 0 Å². The van der Waals surface area contributed by atoms with Crippen molar-refractivity contribution in [1.29, 1.82) is 0 Å². The Kier molecular flexibility index (Phi) is 6.56. The van der Waals surface area contributed by atoms with E-state index in [-0.39, 0.29) is 6.04 Å². The molecule has 0 radical (unpaired) electrons. The molecule has 1 rings (SSSR count). The highest BCUT2D eigenvalue weighted by molar-refractivity contribution is 5.47. The van der Waals surface area contributed by atoms with Crippen molar-refractivity contribution in [2.75, 3.05) is 30.4 Å². The first kappa shape index (κ1) is 15.7. The smallest absolute Gasteiger partial charge is 0.133 e. The fraction of sp³-hybridized carbons (Fsp3) is 0.714. The van der Waals surface area contributed by atoms with Gasteiger partial charge in [-0.25, -0.2) is 9.97 Å². The molecule has 0 amide bonds. The van der Waals surface area contributed by atoms with Gasteiger partial charge in [0.15, 0.2) is 0 Å². The lowest BCUT2D eigenvalue weighted by Crippen LogP contribution is -2.22. The van der Waals surface area contributed by atoms with E-state index in [1.54, 1.807) is 6.33 Å². The molecule has 1 unspecified atom stereocenters. The monoisotopic (exact) mass is 265 g/mol. The van der Waals surface area contributed by atoms with Crippen LogP contribution in [0.15, 0.2) is 12.4 Å². The molecule has 0 aliphatic rings. The van der Waals surface area contributed by atoms with Gasteiger partial charge >= 0.3 is 0 Å². The molecule has 0 bridgehead atoms. The van der Waals surface area contributed by atoms with Crippen LogP contribution in [0.1, 0.15) is 33.6 Å². The third kappa shape index (κ3) is 6.38. The van der Waals surface area contributed by atoms with Crippen molar-refractivity contribution in [3.63, 3.8) is 0 Å². The highest BCUT2D eigenvalue weighted by Gasteiger charge is 2.05. The quantitative estimate of drug-likeness (QED) is 0.753. The van der Waals surface area contributed by atoms with Gasteiger partial charge in [-0.3, -0.25) is 0 Å². The van der Waals surface area contributed by atoms with Crippen LogP contribution < -0.4 is 16.0 Å². The molecule has 0 fully saturated rings. The van der Waals surface area contributed by atoms with Crippen molar-refractivity contribution in [1.82, 2.24) is 9.97 Å². The number of hydrogen-bond donors (Lipinski definition) is 2. The van der Waals surface area contributed by atoms with Crippen molar-refractivity contribution in [3.05, 3.63) is 12.4 Å². The maximum absolute atomic E-state index is 5.72. The molecule has 0 spiro atoms. The molecule has 1 heterocycles. The summed E-state index contributed by atoms with van der Waals surface area (Å²) < 4.78 is 0. The highest BCUT2D eigenvalue weighted by Crippen LogP contribution is 2.14. The molecule has 108 valence electrons. The molecule has 5 nitrogen and oxygen atoms in total. The molecule has 0 saturated carbocycles. The summed E-state index contributed by atoms with van der Waals surface area (Å²) >= 11 is 0. The predicted molar refractivity (Wildman–Crippen MR) is 81.5 cm³/mol. The minimum atomic E-state index is 0.211. The van der Waals surface area contributed by atoms with E-state index in [1.807, 2.05) is 13.0 Å². The highest BCUT2D eigenvalue weighted by atomic mass is 15.2. The maximum Gasteiger partial charge on any atom is 0.133 e. The van der Waals surface area contributed by atoms with Gasteiger partial charge in [0.25, 0.3) is 0 Å². The van der Waals surface area contributed by atoms with Gasteiger partial charge in [0.1, 0.15) is 18.0 Å². The van der Waals surface area contributed by atoms with Gasteiger partial charge in [0.2, 0.25) is 0 Å². The Balaban J connectivity index is 2.51. The first-order valence-electron chi connectivity index (χ1n) is 7.01. The molecule has 5 heteroatoms. The van der Waals surface area contributed by atoms with Crippen LogP contribution in [0.5, 0.6) is 0 Å². The van der Waals surface area contributed by atoms with Gasteiger partial charge in [0.05, 0.1) is 0 Å². The number of rotatable bonds is 8. The second-order valence-electron chi connectivity index (χ2n) is 5.56. The van der Waals surface area contributed by atoms with Crippen LogP contribution in [0.2, 0.25) is 0 Å². The average Bonchev–Trinajstić information content (AvgIpc) is 2.36. The minimum Gasteiger partial charge on any atom is -0.370 e. The van der Waals surface area contributed by atoms with E-state index >= 15 is 0 Å². The summed E-state index contributed by atoms with van der Waals surface area (Å²) in [5.74, 6) is 2.52. The van der Waals surface area contributed by atoms with E-state index in [2.05, 4.69) is 41.1 Å². The van der Waals surface area contributed by atoms with Crippen molar-refractivity contribution < 1.29 is 0 Å². The second-order valence-corrected chi connectivity index (χ2v) is 5.56. The zero-order valence-electron chi connectivity index (χ0n) is 12.6. The van der Waals surface area contributed by atoms with Crippen molar-refractivity contribution >= 4 is 11.6 Å². The molecule has 1 aromatic rings. The number of anilines is 2. The molecule has 0 saturated heterocycles. The fourth-order valence-corrected chi connectivity index (χ4v) is 1.65. The first-order valence-corrected chi connectivity index (χ1v) is 7.01. The molecule has 3 N–H and O–H groups in total. The van der Waals surface area contributed by atoms with E-state index in [0.717, 1.165) is 37.6 Å². The average molecular weight is 265 g/mol. The normalized spacial score (nSPS) is 12.5. The zero-order chi connectivity index (χ0) is 14.3. The maximum atomic E-state index is 5.72. The Bertz CT molecular complexity index is 365. The number of nitrogens with one attached hydrogen (secondary N) is 1. The standard InChI is InChI=1S/C14H27N5/c1-11(2)6-8-19(4)14-9-13(17-10-18-14)16-7-5-12(3)15/h9-12H,5-8,15H2,1-4H3,(H,16,17,18). The molecular weight excluding hydrogens is 238 g/mol. The second kappa shape index (κ2) is 7.94. The van der Waals surface area contributed by atoms with Gasteiger partial charge in [-0.15, -0.1) is 0 Å². The van der Waals surface area contributed by atoms with E-state index in [4.69, 9.17) is 5.73 Å². The Morgan fingerprint density at radius 2 is 2.00 bits per heavy atom. The number of hydrogen-bond acceptors (Lipinski definition) is 5. The predicted octanol–water partition coefficient (Wildman–Crippen LogP) is 2.11. The number of aromatic nitrogens is 2.